The van der Waals surface area contributed by atoms with Gasteiger partial charge >= 0.3 is 0 Å². The van der Waals surface area contributed by atoms with E-state index in [-0.39, 0.29) is 18.3 Å². The molecular weight excluding hydrogens is 272 g/mol. The van der Waals surface area contributed by atoms with E-state index in [0.717, 1.165) is 5.56 Å². The fourth-order valence-electron chi connectivity index (χ4n) is 2.93. The quantitative estimate of drug-likeness (QED) is 0.921. The molecule has 1 aromatic rings. The molecule has 4 unspecified atom stereocenters. The molecule has 0 saturated carbocycles. The molecule has 5 heteroatoms. The lowest BCUT2D eigenvalue weighted by atomic mass is 10.00. The fourth-order valence-corrected chi connectivity index (χ4v) is 2.93. The van der Waals surface area contributed by atoms with Crippen LogP contribution in [-0.4, -0.2) is 41.6 Å². The minimum Gasteiger partial charge on any atom is -0.368 e. The molecule has 0 aliphatic carbocycles. The Morgan fingerprint density at radius 3 is 2.52 bits per heavy atom. The molecule has 0 aromatic heterocycles. The van der Waals surface area contributed by atoms with E-state index < -0.39 is 18.2 Å². The van der Waals surface area contributed by atoms with Gasteiger partial charge in [0.2, 0.25) is 0 Å². The summed E-state index contributed by atoms with van der Waals surface area (Å²) in [5, 5.41) is 10.0. The Labute approximate surface area is 124 Å². The van der Waals surface area contributed by atoms with Crippen molar-refractivity contribution in [3.63, 3.8) is 0 Å². The normalized spacial score (nSPS) is 38.2. The van der Waals surface area contributed by atoms with Gasteiger partial charge in [0, 0.05) is 0 Å². The van der Waals surface area contributed by atoms with Gasteiger partial charge in [-0.05, 0) is 26.3 Å². The summed E-state index contributed by atoms with van der Waals surface area (Å²) in [6, 6.07) is 9.95. The molecule has 5 nitrogen and oxygen atoms in total. The van der Waals surface area contributed by atoms with Gasteiger partial charge in [-0.15, -0.1) is 0 Å². The summed E-state index contributed by atoms with van der Waals surface area (Å²) in [4.78, 5) is 0. The maximum absolute atomic E-state index is 10.0. The van der Waals surface area contributed by atoms with Crippen LogP contribution < -0.4 is 0 Å². The Balaban J connectivity index is 1.71. The zero-order chi connectivity index (χ0) is 15.0. The van der Waals surface area contributed by atoms with E-state index >= 15 is 0 Å². The molecular formula is C16H22O5. The molecule has 5 atom stereocenters. The second-order valence-corrected chi connectivity index (χ2v) is 6.06. The lowest BCUT2D eigenvalue weighted by Crippen LogP contribution is -2.56. The SMILES string of the molecule is CC1OC(O)C2OC(C)(C)OC2[C@H]1OCc1ccccc1. The van der Waals surface area contributed by atoms with E-state index in [4.69, 9.17) is 18.9 Å². The topological polar surface area (TPSA) is 57.2 Å². The molecule has 0 spiro atoms. The first-order valence-corrected chi connectivity index (χ1v) is 7.31. The van der Waals surface area contributed by atoms with Crippen LogP contribution in [0.25, 0.3) is 0 Å². The maximum Gasteiger partial charge on any atom is 0.184 e. The number of aliphatic hydroxyl groups is 1. The predicted octanol–water partition coefficient (Wildman–Crippen LogP) is 1.83. The Bertz CT molecular complexity index is 475. The van der Waals surface area contributed by atoms with Crippen LogP contribution in [-0.2, 0) is 25.6 Å². The van der Waals surface area contributed by atoms with Crippen molar-refractivity contribution in [3.8, 4) is 0 Å². The number of benzene rings is 1. The number of aliphatic hydroxyl groups excluding tert-OH is 1. The molecule has 1 aromatic carbocycles. The van der Waals surface area contributed by atoms with Crippen molar-refractivity contribution in [2.45, 2.75) is 63.9 Å². The summed E-state index contributed by atoms with van der Waals surface area (Å²) in [5.74, 6) is -0.738. The van der Waals surface area contributed by atoms with Crippen LogP contribution >= 0.6 is 0 Å². The monoisotopic (exact) mass is 294 g/mol. The first-order valence-electron chi connectivity index (χ1n) is 7.31. The van der Waals surface area contributed by atoms with Gasteiger partial charge in [-0.25, -0.2) is 0 Å². The van der Waals surface area contributed by atoms with E-state index in [0.29, 0.717) is 6.61 Å². The van der Waals surface area contributed by atoms with Crippen molar-refractivity contribution in [2.24, 2.45) is 0 Å². The Morgan fingerprint density at radius 1 is 1.14 bits per heavy atom. The van der Waals surface area contributed by atoms with Crippen LogP contribution in [0.1, 0.15) is 26.3 Å². The third-order valence-electron chi connectivity index (χ3n) is 3.87. The van der Waals surface area contributed by atoms with Gasteiger partial charge in [-0.1, -0.05) is 30.3 Å². The average Bonchev–Trinajstić information content (AvgIpc) is 2.76. The molecule has 0 radical (unpaired) electrons. The van der Waals surface area contributed by atoms with Gasteiger partial charge in [0.15, 0.2) is 12.1 Å². The average molecular weight is 294 g/mol. The molecule has 2 aliphatic rings. The summed E-state index contributed by atoms with van der Waals surface area (Å²) in [5.41, 5.74) is 1.09. The lowest BCUT2D eigenvalue weighted by molar-refractivity contribution is -0.262. The van der Waals surface area contributed by atoms with Crippen molar-refractivity contribution >= 4 is 0 Å². The first kappa shape index (κ1) is 14.9. The van der Waals surface area contributed by atoms with Crippen LogP contribution in [0.4, 0.5) is 0 Å². The standard InChI is InChI=1S/C16H22O5/c1-10-12(18-9-11-7-5-4-6-8-11)13-14(15(17)19-10)21-16(2,3)20-13/h4-8,10,12-15,17H,9H2,1-3H3/t10?,12-,13?,14?,15?/m0/s1. The van der Waals surface area contributed by atoms with E-state index in [2.05, 4.69) is 0 Å². The zero-order valence-electron chi connectivity index (χ0n) is 12.6. The van der Waals surface area contributed by atoms with Crippen LogP contribution in [0.3, 0.4) is 0 Å². The number of rotatable bonds is 3. The van der Waals surface area contributed by atoms with Crippen molar-refractivity contribution in [3.05, 3.63) is 35.9 Å². The highest BCUT2D eigenvalue weighted by Gasteiger charge is 2.54. The second kappa shape index (κ2) is 5.66. The number of hydrogen-bond donors (Lipinski definition) is 1. The summed E-state index contributed by atoms with van der Waals surface area (Å²) >= 11 is 0. The van der Waals surface area contributed by atoms with E-state index in [1.54, 1.807) is 0 Å². The molecule has 2 saturated heterocycles. The van der Waals surface area contributed by atoms with Gasteiger partial charge in [0.1, 0.15) is 18.3 Å². The second-order valence-electron chi connectivity index (χ2n) is 6.06. The minimum absolute atomic E-state index is 0.262. The van der Waals surface area contributed by atoms with Gasteiger partial charge in [-0.3, -0.25) is 0 Å². The first-order chi connectivity index (χ1) is 9.96. The Hall–Kier alpha value is -0.980. The van der Waals surface area contributed by atoms with Gasteiger partial charge in [-0.2, -0.15) is 0 Å². The lowest BCUT2D eigenvalue weighted by Gasteiger charge is -2.38. The van der Waals surface area contributed by atoms with Gasteiger partial charge in [0.05, 0.1) is 12.7 Å². The zero-order valence-corrected chi connectivity index (χ0v) is 12.6. The predicted molar refractivity (Wildman–Crippen MR) is 75.4 cm³/mol. The van der Waals surface area contributed by atoms with Crippen molar-refractivity contribution < 1.29 is 24.1 Å². The van der Waals surface area contributed by atoms with Gasteiger partial charge in [0.25, 0.3) is 0 Å². The fraction of sp³-hybridized carbons (Fsp3) is 0.625. The van der Waals surface area contributed by atoms with E-state index in [9.17, 15) is 5.11 Å². The summed E-state index contributed by atoms with van der Waals surface area (Å²) in [7, 11) is 0. The summed E-state index contributed by atoms with van der Waals surface area (Å²) in [6.07, 6.45) is -2.37. The molecule has 2 aliphatic heterocycles. The summed E-state index contributed by atoms with van der Waals surface area (Å²) < 4.78 is 23.1. The molecule has 116 valence electrons. The molecule has 21 heavy (non-hydrogen) atoms. The van der Waals surface area contributed by atoms with Crippen LogP contribution in [0.2, 0.25) is 0 Å². The van der Waals surface area contributed by atoms with E-state index in [1.807, 2.05) is 51.1 Å². The van der Waals surface area contributed by atoms with E-state index in [1.165, 1.54) is 0 Å². The molecule has 1 N–H and O–H groups in total. The number of fused-ring (bicyclic) bond motifs is 1. The highest BCUT2D eigenvalue weighted by Crippen LogP contribution is 2.38. The third kappa shape index (κ3) is 3.12. The Kier molecular flexibility index (Phi) is 4.03. The number of hydrogen-bond acceptors (Lipinski definition) is 5. The van der Waals surface area contributed by atoms with Crippen molar-refractivity contribution in [1.29, 1.82) is 0 Å². The van der Waals surface area contributed by atoms with Crippen molar-refractivity contribution in [1.82, 2.24) is 0 Å². The third-order valence-corrected chi connectivity index (χ3v) is 3.87. The molecule has 2 heterocycles. The van der Waals surface area contributed by atoms with Crippen LogP contribution in [0.5, 0.6) is 0 Å². The highest BCUT2D eigenvalue weighted by molar-refractivity contribution is 5.13. The largest absolute Gasteiger partial charge is 0.368 e. The maximum atomic E-state index is 10.0. The van der Waals surface area contributed by atoms with Crippen molar-refractivity contribution in [2.75, 3.05) is 0 Å². The highest BCUT2D eigenvalue weighted by atomic mass is 16.8. The molecule has 0 amide bonds. The number of ether oxygens (including phenoxy) is 4. The van der Waals surface area contributed by atoms with Crippen LogP contribution in [0, 0.1) is 0 Å². The molecule has 0 bridgehead atoms. The van der Waals surface area contributed by atoms with Gasteiger partial charge < -0.3 is 24.1 Å². The minimum atomic E-state index is -0.983. The molecule has 2 fully saturated rings. The van der Waals surface area contributed by atoms with Crippen LogP contribution in [0.15, 0.2) is 30.3 Å². The molecule has 3 rings (SSSR count). The smallest absolute Gasteiger partial charge is 0.184 e. The Morgan fingerprint density at radius 2 is 1.81 bits per heavy atom. The summed E-state index contributed by atoms with van der Waals surface area (Å²) in [6.45, 7) is 6.01.